The summed E-state index contributed by atoms with van der Waals surface area (Å²) in [6.45, 7) is 1.85. The third-order valence-electron chi connectivity index (χ3n) is 2.91. The summed E-state index contributed by atoms with van der Waals surface area (Å²) in [6, 6.07) is 4.29. The van der Waals surface area contributed by atoms with Crippen LogP contribution >= 0.6 is 11.6 Å². The zero-order chi connectivity index (χ0) is 14.7. The molecule has 0 spiro atoms. The Morgan fingerprint density at radius 3 is 2.95 bits per heavy atom. The highest BCUT2D eigenvalue weighted by Crippen LogP contribution is 2.28. The maximum absolute atomic E-state index is 13.8. The van der Waals surface area contributed by atoms with E-state index in [9.17, 15) is 9.18 Å². The summed E-state index contributed by atoms with van der Waals surface area (Å²) in [5.74, 6) is -1.78. The Bertz CT molecular complexity index is 611. The fourth-order valence-corrected chi connectivity index (χ4v) is 1.93. The van der Waals surface area contributed by atoms with Gasteiger partial charge in [-0.15, -0.1) is 5.10 Å². The molecule has 0 fully saturated rings. The van der Waals surface area contributed by atoms with E-state index in [4.69, 9.17) is 16.7 Å². The molecule has 0 radical (unpaired) electrons. The summed E-state index contributed by atoms with van der Waals surface area (Å²) in [5, 5.41) is 20.0. The van der Waals surface area contributed by atoms with Gasteiger partial charge in [0.2, 0.25) is 0 Å². The van der Waals surface area contributed by atoms with Crippen molar-refractivity contribution in [1.82, 2.24) is 20.2 Å². The van der Waals surface area contributed by atoms with Crippen LogP contribution in [0.15, 0.2) is 18.2 Å². The van der Waals surface area contributed by atoms with Gasteiger partial charge in [-0.3, -0.25) is 4.79 Å². The summed E-state index contributed by atoms with van der Waals surface area (Å²) in [7, 11) is 0. The van der Waals surface area contributed by atoms with E-state index in [-0.39, 0.29) is 23.0 Å². The fraction of sp³-hybridized carbons (Fsp3) is 0.333. The second-order valence-electron chi connectivity index (χ2n) is 4.35. The molecule has 8 heteroatoms. The first-order valence-electron chi connectivity index (χ1n) is 5.94. The van der Waals surface area contributed by atoms with Crippen molar-refractivity contribution in [3.8, 4) is 11.4 Å². The van der Waals surface area contributed by atoms with Crippen molar-refractivity contribution >= 4 is 17.6 Å². The van der Waals surface area contributed by atoms with E-state index >= 15 is 0 Å². The molecule has 0 bridgehead atoms. The molecule has 1 aromatic carbocycles. The minimum atomic E-state index is -0.899. The van der Waals surface area contributed by atoms with Gasteiger partial charge in [0.05, 0.1) is 16.5 Å². The van der Waals surface area contributed by atoms with Crippen LogP contribution in [-0.4, -0.2) is 31.3 Å². The van der Waals surface area contributed by atoms with E-state index in [1.54, 1.807) is 13.0 Å². The van der Waals surface area contributed by atoms with Gasteiger partial charge in [0.25, 0.3) is 0 Å². The highest BCUT2D eigenvalue weighted by atomic mass is 35.5. The number of aromatic nitrogens is 4. The number of aliphatic carboxylic acids is 1. The largest absolute Gasteiger partial charge is 0.481 e. The molecule has 2 aromatic rings. The van der Waals surface area contributed by atoms with Crippen LogP contribution in [0.5, 0.6) is 0 Å². The van der Waals surface area contributed by atoms with E-state index in [0.29, 0.717) is 6.42 Å². The first kappa shape index (κ1) is 14.4. The van der Waals surface area contributed by atoms with Crippen molar-refractivity contribution in [3.05, 3.63) is 29.0 Å². The molecule has 20 heavy (non-hydrogen) atoms. The average molecular weight is 299 g/mol. The number of carbonyl (C=O) groups is 1. The van der Waals surface area contributed by atoms with Gasteiger partial charge in [0.1, 0.15) is 5.82 Å². The van der Waals surface area contributed by atoms with Crippen molar-refractivity contribution < 1.29 is 14.3 Å². The van der Waals surface area contributed by atoms with Crippen LogP contribution in [0.3, 0.4) is 0 Å². The quantitative estimate of drug-likeness (QED) is 0.915. The molecule has 0 aliphatic carbocycles. The monoisotopic (exact) mass is 298 g/mol. The van der Waals surface area contributed by atoms with Crippen LogP contribution in [0, 0.1) is 11.7 Å². The van der Waals surface area contributed by atoms with Crippen molar-refractivity contribution in [2.24, 2.45) is 5.92 Å². The molecule has 6 nitrogen and oxygen atoms in total. The van der Waals surface area contributed by atoms with Crippen molar-refractivity contribution in [3.63, 3.8) is 0 Å². The number of carboxylic acid groups (broad SMARTS) is 1. The van der Waals surface area contributed by atoms with Crippen LogP contribution in [0.2, 0.25) is 5.02 Å². The van der Waals surface area contributed by atoms with Gasteiger partial charge in [-0.05, 0) is 29.0 Å². The molecule has 0 aliphatic rings. The number of rotatable bonds is 5. The molecule has 0 saturated heterocycles. The van der Waals surface area contributed by atoms with Crippen molar-refractivity contribution in [1.29, 1.82) is 0 Å². The molecule has 2 rings (SSSR count). The van der Waals surface area contributed by atoms with Gasteiger partial charge in [-0.25, -0.2) is 9.07 Å². The minimum Gasteiger partial charge on any atom is -0.481 e. The Hall–Kier alpha value is -2.02. The number of halogens is 2. The Morgan fingerprint density at radius 1 is 1.55 bits per heavy atom. The topological polar surface area (TPSA) is 80.9 Å². The molecule has 0 amide bonds. The molecular formula is C12H12ClFN4O2. The Kier molecular flexibility index (Phi) is 4.29. The Labute approximate surface area is 119 Å². The number of aryl methyl sites for hydroxylation is 1. The Morgan fingerprint density at radius 2 is 2.30 bits per heavy atom. The predicted molar refractivity (Wildman–Crippen MR) is 69.6 cm³/mol. The maximum atomic E-state index is 13.8. The van der Waals surface area contributed by atoms with Crippen LogP contribution < -0.4 is 0 Å². The number of hydrogen-bond acceptors (Lipinski definition) is 4. The van der Waals surface area contributed by atoms with Crippen molar-refractivity contribution in [2.75, 3.05) is 0 Å². The SMILES string of the molecule is CC(CCn1nnnc1-c1c(F)cccc1Cl)C(=O)O. The maximum Gasteiger partial charge on any atom is 0.306 e. The first-order valence-corrected chi connectivity index (χ1v) is 6.32. The van der Waals surface area contributed by atoms with E-state index in [2.05, 4.69) is 15.5 Å². The average Bonchev–Trinajstić information content (AvgIpc) is 2.84. The van der Waals surface area contributed by atoms with E-state index < -0.39 is 17.7 Å². The summed E-state index contributed by atoms with van der Waals surface area (Å²) in [5.41, 5.74) is 0.113. The third kappa shape index (κ3) is 2.93. The summed E-state index contributed by atoms with van der Waals surface area (Å²) >= 11 is 5.96. The fourth-order valence-electron chi connectivity index (χ4n) is 1.69. The number of hydrogen-bond donors (Lipinski definition) is 1. The highest BCUT2D eigenvalue weighted by molar-refractivity contribution is 6.33. The summed E-state index contributed by atoms with van der Waals surface area (Å²) < 4.78 is 15.2. The van der Waals surface area contributed by atoms with Crippen molar-refractivity contribution in [2.45, 2.75) is 19.9 Å². The van der Waals surface area contributed by atoms with Gasteiger partial charge >= 0.3 is 5.97 Å². The third-order valence-corrected chi connectivity index (χ3v) is 3.23. The molecule has 0 aliphatic heterocycles. The van der Waals surface area contributed by atoms with Gasteiger partial charge in [0, 0.05) is 6.54 Å². The zero-order valence-electron chi connectivity index (χ0n) is 10.6. The van der Waals surface area contributed by atoms with E-state index in [1.807, 2.05) is 0 Å². The van der Waals surface area contributed by atoms with Gasteiger partial charge in [-0.2, -0.15) is 0 Å². The number of tetrazole rings is 1. The minimum absolute atomic E-state index is 0.113. The summed E-state index contributed by atoms with van der Waals surface area (Å²) in [4.78, 5) is 10.8. The second-order valence-corrected chi connectivity index (χ2v) is 4.76. The second kappa shape index (κ2) is 5.96. The Balaban J connectivity index is 2.27. The predicted octanol–water partition coefficient (Wildman–Crippen LogP) is 2.24. The molecule has 1 heterocycles. The molecular weight excluding hydrogens is 287 g/mol. The van der Waals surface area contributed by atoms with Crippen LogP contribution in [0.1, 0.15) is 13.3 Å². The lowest BCUT2D eigenvalue weighted by Crippen LogP contribution is -2.14. The van der Waals surface area contributed by atoms with E-state index in [1.165, 1.54) is 16.8 Å². The van der Waals surface area contributed by atoms with E-state index in [0.717, 1.165) is 0 Å². The van der Waals surface area contributed by atoms with Gasteiger partial charge < -0.3 is 5.11 Å². The highest BCUT2D eigenvalue weighted by Gasteiger charge is 2.18. The van der Waals surface area contributed by atoms with Crippen LogP contribution in [0.4, 0.5) is 4.39 Å². The lowest BCUT2D eigenvalue weighted by atomic mass is 10.1. The summed E-state index contributed by atoms with van der Waals surface area (Å²) in [6.07, 6.45) is 0.333. The number of carboxylic acids is 1. The molecule has 1 unspecified atom stereocenters. The van der Waals surface area contributed by atoms with Gasteiger partial charge in [-0.1, -0.05) is 24.6 Å². The molecule has 1 atom stereocenters. The standard InChI is InChI=1S/C12H12ClFN4O2/c1-7(12(19)20)5-6-18-11(15-16-17-18)10-8(13)3-2-4-9(10)14/h2-4,7H,5-6H2,1H3,(H,19,20). The number of benzene rings is 1. The first-order chi connectivity index (χ1) is 9.50. The molecule has 1 N–H and O–H groups in total. The molecule has 0 saturated carbocycles. The lowest BCUT2D eigenvalue weighted by Gasteiger charge is -2.09. The normalized spacial score (nSPS) is 12.3. The lowest BCUT2D eigenvalue weighted by molar-refractivity contribution is -0.141. The smallest absolute Gasteiger partial charge is 0.306 e. The molecule has 106 valence electrons. The zero-order valence-corrected chi connectivity index (χ0v) is 11.4. The van der Waals surface area contributed by atoms with Crippen LogP contribution in [0.25, 0.3) is 11.4 Å². The van der Waals surface area contributed by atoms with Gasteiger partial charge in [0.15, 0.2) is 5.82 Å². The number of nitrogens with zero attached hydrogens (tertiary/aromatic N) is 4. The van der Waals surface area contributed by atoms with Crippen LogP contribution in [-0.2, 0) is 11.3 Å². The molecule has 1 aromatic heterocycles.